The molecular weight excluding hydrogens is 432 g/mol. The molecule has 0 saturated heterocycles. The summed E-state index contributed by atoms with van der Waals surface area (Å²) < 4.78 is 5.09. The van der Waals surface area contributed by atoms with Crippen molar-refractivity contribution in [3.8, 4) is 0 Å². The molecule has 0 saturated carbocycles. The first-order valence-electron chi connectivity index (χ1n) is 9.77. The first-order chi connectivity index (χ1) is 15.4. The summed E-state index contributed by atoms with van der Waals surface area (Å²) >= 11 is 1.11. The number of hydrogen-bond donors (Lipinski definition) is 1. The summed E-state index contributed by atoms with van der Waals surface area (Å²) in [4.78, 5) is 50.9. The molecule has 9 nitrogen and oxygen atoms in total. The number of fused-ring (bicyclic) bond motifs is 1. The van der Waals surface area contributed by atoms with Gasteiger partial charge in [0.1, 0.15) is 5.01 Å². The van der Waals surface area contributed by atoms with Gasteiger partial charge in [-0.1, -0.05) is 36.5 Å². The van der Waals surface area contributed by atoms with E-state index in [1.54, 1.807) is 19.1 Å². The smallest absolute Gasteiger partial charge is 0.338 e. The lowest BCUT2D eigenvalue weighted by Gasteiger charge is -2.10. The summed E-state index contributed by atoms with van der Waals surface area (Å²) in [6, 6.07) is 11.4. The van der Waals surface area contributed by atoms with Gasteiger partial charge in [-0.2, -0.15) is 0 Å². The highest BCUT2D eigenvalue weighted by Gasteiger charge is 2.39. The number of carbonyl (C=O) groups excluding carboxylic acids is 4. The lowest BCUT2D eigenvalue weighted by Crippen LogP contribution is -2.29. The van der Waals surface area contributed by atoms with E-state index in [1.807, 2.05) is 19.1 Å². The van der Waals surface area contributed by atoms with Crippen molar-refractivity contribution >= 4 is 45.8 Å². The van der Waals surface area contributed by atoms with Crippen molar-refractivity contribution in [2.45, 2.75) is 20.3 Å². The number of ether oxygens (including phenoxy) is 1. The molecular formula is C22H18N4O5S. The van der Waals surface area contributed by atoms with Crippen molar-refractivity contribution < 1.29 is 23.9 Å². The van der Waals surface area contributed by atoms with Gasteiger partial charge in [-0.15, -0.1) is 10.2 Å². The van der Waals surface area contributed by atoms with Gasteiger partial charge in [-0.3, -0.25) is 14.4 Å². The molecule has 0 atom stereocenters. The summed E-state index contributed by atoms with van der Waals surface area (Å²) in [6.07, 6.45) is 0.742. The molecule has 0 spiro atoms. The first kappa shape index (κ1) is 21.3. The van der Waals surface area contributed by atoms with Crippen LogP contribution in [-0.4, -0.2) is 40.5 Å². The fraction of sp³-hybridized carbons (Fsp3) is 0.182. The fourth-order valence-corrected chi connectivity index (χ4v) is 3.95. The van der Waals surface area contributed by atoms with Crippen molar-refractivity contribution in [3.63, 3.8) is 0 Å². The number of rotatable bonds is 6. The van der Waals surface area contributed by atoms with Gasteiger partial charge in [0, 0.05) is 5.69 Å². The number of aromatic nitrogens is 2. The van der Waals surface area contributed by atoms with Crippen LogP contribution in [0.15, 0.2) is 42.5 Å². The molecule has 32 heavy (non-hydrogen) atoms. The minimum absolute atomic E-state index is 0.0574. The molecule has 162 valence electrons. The number of hydrogen-bond acceptors (Lipinski definition) is 8. The maximum atomic E-state index is 12.7. The van der Waals surface area contributed by atoms with E-state index in [1.165, 1.54) is 18.2 Å². The average molecular weight is 450 g/mol. The zero-order valence-corrected chi connectivity index (χ0v) is 18.1. The Labute approximate surface area is 187 Å². The van der Waals surface area contributed by atoms with Crippen LogP contribution in [0.5, 0.6) is 0 Å². The van der Waals surface area contributed by atoms with Crippen LogP contribution in [0.2, 0.25) is 0 Å². The predicted octanol–water partition coefficient (Wildman–Crippen LogP) is 3.01. The maximum Gasteiger partial charge on any atom is 0.338 e. The van der Waals surface area contributed by atoms with Gasteiger partial charge in [0.15, 0.2) is 6.61 Å². The Bertz CT molecular complexity index is 1250. The summed E-state index contributed by atoms with van der Waals surface area (Å²) in [5, 5.41) is 11.2. The normalized spacial score (nSPS) is 12.6. The zero-order chi connectivity index (χ0) is 22.8. The Balaban J connectivity index is 1.44. The minimum atomic E-state index is -0.780. The van der Waals surface area contributed by atoms with E-state index < -0.39 is 30.3 Å². The Morgan fingerprint density at radius 2 is 1.81 bits per heavy atom. The first-order valence-corrected chi connectivity index (χ1v) is 10.6. The second kappa shape index (κ2) is 8.67. The number of para-hydroxylation sites is 1. The summed E-state index contributed by atoms with van der Waals surface area (Å²) in [5.74, 6) is -2.39. The number of carbonyl (C=O) groups is 4. The molecule has 1 aliphatic rings. The Kier molecular flexibility index (Phi) is 5.78. The molecule has 1 N–H and O–H groups in total. The van der Waals surface area contributed by atoms with Gasteiger partial charge >= 0.3 is 5.97 Å². The molecule has 2 aromatic carbocycles. The number of benzene rings is 2. The van der Waals surface area contributed by atoms with Gasteiger partial charge in [-0.05, 0) is 43.2 Å². The predicted molar refractivity (Wildman–Crippen MR) is 117 cm³/mol. The Hall–Kier alpha value is -3.92. The van der Waals surface area contributed by atoms with Crippen LogP contribution in [0.3, 0.4) is 0 Å². The fourth-order valence-electron chi connectivity index (χ4n) is 3.27. The highest BCUT2D eigenvalue weighted by atomic mass is 32.1. The SMILES string of the molecule is CCc1ccccc1NC(=O)COC(=O)c1ccc2c(c1)C(=O)N(c1nnc(C)s1)C2=O. The van der Waals surface area contributed by atoms with Crippen molar-refractivity contribution in [2.24, 2.45) is 0 Å². The topological polar surface area (TPSA) is 119 Å². The number of anilines is 2. The van der Waals surface area contributed by atoms with Crippen LogP contribution in [0.1, 0.15) is 48.6 Å². The quantitative estimate of drug-likeness (QED) is 0.453. The average Bonchev–Trinajstić information content (AvgIpc) is 3.32. The third kappa shape index (κ3) is 4.00. The molecule has 3 amide bonds. The maximum absolute atomic E-state index is 12.7. The number of esters is 1. The monoisotopic (exact) mass is 450 g/mol. The molecule has 0 radical (unpaired) electrons. The molecule has 1 aromatic heterocycles. The summed E-state index contributed by atoms with van der Waals surface area (Å²) in [5.41, 5.74) is 1.91. The molecule has 0 bridgehead atoms. The van der Waals surface area contributed by atoms with Crippen LogP contribution < -0.4 is 10.2 Å². The molecule has 0 aliphatic carbocycles. The largest absolute Gasteiger partial charge is 0.452 e. The van der Waals surface area contributed by atoms with Crippen LogP contribution in [0.25, 0.3) is 0 Å². The Morgan fingerprint density at radius 3 is 2.53 bits per heavy atom. The van der Waals surface area contributed by atoms with Gasteiger partial charge in [0.25, 0.3) is 17.7 Å². The van der Waals surface area contributed by atoms with E-state index in [-0.39, 0.29) is 21.8 Å². The van der Waals surface area contributed by atoms with E-state index in [9.17, 15) is 19.2 Å². The van der Waals surface area contributed by atoms with Crippen LogP contribution in [0, 0.1) is 6.92 Å². The molecule has 0 fully saturated rings. The molecule has 4 rings (SSSR count). The van der Waals surface area contributed by atoms with E-state index in [2.05, 4.69) is 15.5 Å². The van der Waals surface area contributed by atoms with Gasteiger partial charge in [-0.25, -0.2) is 9.69 Å². The standard InChI is InChI=1S/C22H18N4O5S/c1-3-13-6-4-5-7-17(13)23-18(27)11-31-21(30)14-8-9-15-16(10-14)20(29)26(19(15)28)22-25-24-12(2)32-22/h4-10H,3,11H2,1-2H3,(H,23,27). The minimum Gasteiger partial charge on any atom is -0.452 e. The number of nitrogens with one attached hydrogen (secondary N) is 1. The second-order valence-electron chi connectivity index (χ2n) is 6.94. The lowest BCUT2D eigenvalue weighted by atomic mass is 10.1. The second-order valence-corrected chi connectivity index (χ2v) is 8.10. The van der Waals surface area contributed by atoms with Gasteiger partial charge in [0.2, 0.25) is 5.13 Å². The van der Waals surface area contributed by atoms with E-state index in [4.69, 9.17) is 4.74 Å². The van der Waals surface area contributed by atoms with E-state index in [0.29, 0.717) is 10.7 Å². The van der Waals surface area contributed by atoms with Crippen LogP contribution in [-0.2, 0) is 16.0 Å². The van der Waals surface area contributed by atoms with Crippen molar-refractivity contribution in [1.82, 2.24) is 10.2 Å². The zero-order valence-electron chi connectivity index (χ0n) is 17.2. The molecule has 2 heterocycles. The highest BCUT2D eigenvalue weighted by Crippen LogP contribution is 2.31. The third-order valence-electron chi connectivity index (χ3n) is 4.84. The number of imide groups is 1. The molecule has 0 unspecified atom stereocenters. The summed E-state index contributed by atoms with van der Waals surface area (Å²) in [7, 11) is 0. The Morgan fingerprint density at radius 1 is 1.06 bits per heavy atom. The molecule has 3 aromatic rings. The van der Waals surface area contributed by atoms with Crippen LogP contribution in [0.4, 0.5) is 10.8 Å². The molecule has 10 heteroatoms. The van der Waals surface area contributed by atoms with E-state index in [0.717, 1.165) is 28.2 Å². The highest BCUT2D eigenvalue weighted by molar-refractivity contribution is 7.15. The summed E-state index contributed by atoms with van der Waals surface area (Å²) in [6.45, 7) is 3.19. The van der Waals surface area contributed by atoms with E-state index >= 15 is 0 Å². The van der Waals surface area contributed by atoms with Crippen LogP contribution >= 0.6 is 11.3 Å². The van der Waals surface area contributed by atoms with Crippen molar-refractivity contribution in [3.05, 3.63) is 69.7 Å². The number of amides is 3. The lowest BCUT2D eigenvalue weighted by molar-refractivity contribution is -0.119. The van der Waals surface area contributed by atoms with Crippen molar-refractivity contribution in [1.29, 1.82) is 0 Å². The van der Waals surface area contributed by atoms with Gasteiger partial charge < -0.3 is 10.1 Å². The van der Waals surface area contributed by atoms with Gasteiger partial charge in [0.05, 0.1) is 16.7 Å². The third-order valence-corrected chi connectivity index (χ3v) is 5.66. The molecule has 1 aliphatic heterocycles. The van der Waals surface area contributed by atoms with Crippen molar-refractivity contribution in [2.75, 3.05) is 16.8 Å². The number of nitrogens with zero attached hydrogens (tertiary/aromatic N) is 3. The number of aryl methyl sites for hydroxylation is 2.